The van der Waals surface area contributed by atoms with Crippen molar-refractivity contribution in [1.29, 1.82) is 0 Å². The van der Waals surface area contributed by atoms with Gasteiger partial charge >= 0.3 is 0 Å². The molecule has 1 aromatic heterocycles. The molecule has 0 aromatic carbocycles. The highest BCUT2D eigenvalue weighted by Crippen LogP contribution is 2.10. The summed E-state index contributed by atoms with van der Waals surface area (Å²) in [6, 6.07) is 0. The van der Waals surface area contributed by atoms with Crippen LogP contribution in [0.3, 0.4) is 0 Å². The first-order chi connectivity index (χ1) is 8.04. The van der Waals surface area contributed by atoms with Gasteiger partial charge in [-0.1, -0.05) is 19.7 Å². The fourth-order valence-electron chi connectivity index (χ4n) is 1.14. The van der Waals surface area contributed by atoms with Gasteiger partial charge in [-0.3, -0.25) is 14.4 Å². The van der Waals surface area contributed by atoms with Gasteiger partial charge in [0.15, 0.2) is 5.82 Å². The van der Waals surface area contributed by atoms with Crippen molar-refractivity contribution >= 4 is 17.3 Å². The highest BCUT2D eigenvalue weighted by atomic mass is 16.1. The molecule has 0 saturated heterocycles. The van der Waals surface area contributed by atoms with Crippen LogP contribution in [0.1, 0.15) is 31.6 Å². The molecule has 0 fully saturated rings. The Kier molecular flexibility index (Phi) is 3.66. The minimum Gasteiger partial charge on any atom is -0.332 e. The van der Waals surface area contributed by atoms with Crippen molar-refractivity contribution in [3.05, 3.63) is 55.2 Å². The van der Waals surface area contributed by atoms with Crippen LogP contribution in [0.15, 0.2) is 38.0 Å². The summed E-state index contributed by atoms with van der Waals surface area (Å²) in [5.41, 5.74) is -0.217. The molecule has 17 heavy (non-hydrogen) atoms. The molecule has 1 rings (SSSR count). The van der Waals surface area contributed by atoms with Gasteiger partial charge in [0, 0.05) is 0 Å². The third-order valence-electron chi connectivity index (χ3n) is 1.97. The van der Waals surface area contributed by atoms with Gasteiger partial charge in [-0.2, -0.15) is 0 Å². The average molecular weight is 230 g/mol. The van der Waals surface area contributed by atoms with E-state index in [-0.39, 0.29) is 17.2 Å². The maximum absolute atomic E-state index is 11.5. The normalized spacial score (nSPS) is 9.41. The molecular formula is C12H10N2O3. The van der Waals surface area contributed by atoms with Gasteiger partial charge in [-0.05, 0) is 18.2 Å². The summed E-state index contributed by atoms with van der Waals surface area (Å²) in [7, 11) is 0. The quantitative estimate of drug-likeness (QED) is 0.593. The van der Waals surface area contributed by atoms with Crippen LogP contribution in [0.4, 0.5) is 0 Å². The molecule has 0 aliphatic heterocycles. The summed E-state index contributed by atoms with van der Waals surface area (Å²) in [4.78, 5) is 40.5. The Hall–Kier alpha value is -2.56. The molecule has 1 N–H and O–H groups in total. The Morgan fingerprint density at radius 1 is 0.941 bits per heavy atom. The lowest BCUT2D eigenvalue weighted by molar-refractivity contribution is 0.101. The molecule has 1 aromatic rings. The Labute approximate surface area is 97.6 Å². The lowest BCUT2D eigenvalue weighted by atomic mass is 10.2. The number of rotatable bonds is 6. The summed E-state index contributed by atoms with van der Waals surface area (Å²) in [5, 5.41) is 0. The molecule has 0 spiro atoms. The predicted molar refractivity (Wildman–Crippen MR) is 62.2 cm³/mol. The molecule has 0 unspecified atom stereocenters. The highest BCUT2D eigenvalue weighted by Gasteiger charge is 2.21. The molecule has 5 heteroatoms. The van der Waals surface area contributed by atoms with Crippen LogP contribution in [0, 0.1) is 0 Å². The largest absolute Gasteiger partial charge is 0.332 e. The first-order valence-electron chi connectivity index (χ1n) is 4.65. The molecule has 0 radical (unpaired) electrons. The number of hydrogen-bond donors (Lipinski definition) is 1. The van der Waals surface area contributed by atoms with Crippen LogP contribution in [-0.2, 0) is 0 Å². The van der Waals surface area contributed by atoms with Crippen molar-refractivity contribution in [2.24, 2.45) is 0 Å². The number of H-pyrrole nitrogens is 1. The first kappa shape index (κ1) is 12.5. The number of imidazole rings is 1. The van der Waals surface area contributed by atoms with Crippen LogP contribution < -0.4 is 0 Å². The van der Waals surface area contributed by atoms with Crippen LogP contribution in [-0.4, -0.2) is 27.3 Å². The zero-order valence-electron chi connectivity index (χ0n) is 9.03. The van der Waals surface area contributed by atoms with Crippen LogP contribution in [0.2, 0.25) is 0 Å². The van der Waals surface area contributed by atoms with E-state index in [0.717, 1.165) is 18.2 Å². The van der Waals surface area contributed by atoms with Gasteiger partial charge in [-0.15, -0.1) is 0 Å². The zero-order valence-corrected chi connectivity index (χ0v) is 9.03. The van der Waals surface area contributed by atoms with Gasteiger partial charge in [-0.25, -0.2) is 4.98 Å². The van der Waals surface area contributed by atoms with E-state index in [2.05, 4.69) is 29.7 Å². The van der Waals surface area contributed by atoms with E-state index in [1.54, 1.807) is 0 Å². The lowest BCUT2D eigenvalue weighted by Gasteiger charge is -1.92. The molecule has 0 amide bonds. The second-order valence-corrected chi connectivity index (χ2v) is 3.01. The third-order valence-corrected chi connectivity index (χ3v) is 1.97. The van der Waals surface area contributed by atoms with Crippen molar-refractivity contribution in [1.82, 2.24) is 9.97 Å². The molecule has 0 saturated carbocycles. The monoisotopic (exact) mass is 230 g/mol. The summed E-state index contributed by atoms with van der Waals surface area (Å²) >= 11 is 0. The van der Waals surface area contributed by atoms with Gasteiger partial charge in [0.25, 0.3) is 0 Å². The molecule has 0 aliphatic rings. The topological polar surface area (TPSA) is 79.9 Å². The second kappa shape index (κ2) is 4.98. The smallest absolute Gasteiger partial charge is 0.220 e. The minimum absolute atomic E-state index is 0.0740. The highest BCUT2D eigenvalue weighted by molar-refractivity contribution is 6.15. The van der Waals surface area contributed by atoms with Crippen molar-refractivity contribution in [2.75, 3.05) is 0 Å². The Morgan fingerprint density at radius 2 is 1.47 bits per heavy atom. The van der Waals surface area contributed by atoms with Gasteiger partial charge in [0.1, 0.15) is 11.4 Å². The van der Waals surface area contributed by atoms with E-state index in [4.69, 9.17) is 0 Å². The number of nitrogens with one attached hydrogen (secondary N) is 1. The van der Waals surface area contributed by atoms with E-state index in [1.807, 2.05) is 0 Å². The summed E-state index contributed by atoms with van der Waals surface area (Å²) < 4.78 is 0. The summed E-state index contributed by atoms with van der Waals surface area (Å²) in [5.74, 6) is -1.69. The molecular weight excluding hydrogens is 220 g/mol. The predicted octanol–water partition coefficient (Wildman–Crippen LogP) is 1.52. The van der Waals surface area contributed by atoms with Crippen molar-refractivity contribution in [3.63, 3.8) is 0 Å². The Morgan fingerprint density at radius 3 is 1.94 bits per heavy atom. The van der Waals surface area contributed by atoms with Gasteiger partial charge in [0.2, 0.25) is 17.3 Å². The average Bonchev–Trinajstić information content (AvgIpc) is 2.80. The number of nitrogens with zero attached hydrogens (tertiary/aromatic N) is 1. The molecule has 0 atom stereocenters. The van der Waals surface area contributed by atoms with Crippen LogP contribution >= 0.6 is 0 Å². The molecule has 1 heterocycles. The first-order valence-corrected chi connectivity index (χ1v) is 4.65. The molecule has 5 nitrogen and oxygen atoms in total. The van der Waals surface area contributed by atoms with Crippen molar-refractivity contribution in [3.8, 4) is 0 Å². The van der Waals surface area contributed by atoms with E-state index in [1.165, 1.54) is 0 Å². The van der Waals surface area contributed by atoms with Gasteiger partial charge in [0.05, 0.1) is 0 Å². The maximum Gasteiger partial charge on any atom is 0.220 e. The Balaban J connectivity index is 3.40. The fraction of sp³-hybridized carbons (Fsp3) is 0. The third kappa shape index (κ3) is 2.34. The fourth-order valence-corrected chi connectivity index (χ4v) is 1.14. The number of carbonyl (C=O) groups is 3. The van der Waals surface area contributed by atoms with E-state index < -0.39 is 17.3 Å². The zero-order chi connectivity index (χ0) is 13.0. The van der Waals surface area contributed by atoms with E-state index in [0.29, 0.717) is 0 Å². The molecule has 0 bridgehead atoms. The van der Waals surface area contributed by atoms with Crippen LogP contribution in [0.25, 0.3) is 0 Å². The number of ketones is 3. The second-order valence-electron chi connectivity index (χ2n) is 3.01. The number of hydrogen-bond acceptors (Lipinski definition) is 4. The number of allylic oxidation sites excluding steroid dienone is 3. The SMILES string of the molecule is C=CC(=O)c1nc(C(=O)C=C)c(C(=O)C=C)[nH]1. The maximum atomic E-state index is 11.5. The summed E-state index contributed by atoms with van der Waals surface area (Å²) in [6.45, 7) is 9.88. The Bertz CT molecular complexity index is 500. The minimum atomic E-state index is -0.547. The van der Waals surface area contributed by atoms with Crippen molar-refractivity contribution < 1.29 is 14.4 Å². The standard InChI is InChI=1S/C12H10N2O3/c1-4-7(15)10-11(8(16)5-2)14-12(13-10)9(17)6-3/h4-6H,1-3H2,(H,13,14). The molecule has 0 aliphatic carbocycles. The van der Waals surface area contributed by atoms with Gasteiger partial charge < -0.3 is 4.98 Å². The number of aromatic nitrogens is 2. The lowest BCUT2D eigenvalue weighted by Crippen LogP contribution is -2.04. The van der Waals surface area contributed by atoms with Crippen LogP contribution in [0.5, 0.6) is 0 Å². The van der Waals surface area contributed by atoms with E-state index >= 15 is 0 Å². The van der Waals surface area contributed by atoms with Crippen molar-refractivity contribution in [2.45, 2.75) is 0 Å². The van der Waals surface area contributed by atoms with E-state index in [9.17, 15) is 14.4 Å². The number of aromatic amines is 1. The number of carbonyl (C=O) groups excluding carboxylic acids is 3. The summed E-state index contributed by atoms with van der Waals surface area (Å²) in [6.07, 6.45) is 3.07. The molecule has 86 valence electrons.